The Kier molecular flexibility index (Phi) is 3.40. The van der Waals surface area contributed by atoms with Gasteiger partial charge in [-0.2, -0.15) is 0 Å². The van der Waals surface area contributed by atoms with Crippen LogP contribution >= 0.6 is 0 Å². The summed E-state index contributed by atoms with van der Waals surface area (Å²) in [6, 6.07) is 2.55. The number of carboxylic acid groups (broad SMARTS) is 1. The molecule has 1 heterocycles. The fourth-order valence-electron chi connectivity index (χ4n) is 0.821. The van der Waals surface area contributed by atoms with Crippen LogP contribution in [0.4, 0.5) is 5.88 Å². The van der Waals surface area contributed by atoms with Crippen LogP contribution in [0.25, 0.3) is 0 Å². The molecule has 82 valence electrons. The molecule has 0 aliphatic heterocycles. The van der Waals surface area contributed by atoms with Crippen molar-refractivity contribution in [1.29, 1.82) is 0 Å². The highest BCUT2D eigenvalue weighted by atomic mass is 16.6. The van der Waals surface area contributed by atoms with Crippen molar-refractivity contribution in [3.63, 3.8) is 0 Å². The molecule has 0 spiro atoms. The summed E-state index contributed by atoms with van der Waals surface area (Å²) in [5.41, 5.74) is 0. The van der Waals surface area contributed by atoms with E-state index in [-0.39, 0.29) is 12.4 Å². The Balaban J connectivity index is 2.51. The van der Waals surface area contributed by atoms with Gasteiger partial charge in [-0.15, -0.1) is 0 Å². The minimum Gasteiger partial charge on any atom is -0.479 e. The van der Waals surface area contributed by atoms with Crippen molar-refractivity contribution in [3.8, 4) is 0 Å². The van der Waals surface area contributed by atoms with Gasteiger partial charge in [0.25, 0.3) is 0 Å². The molecular weight excluding hydrogens is 206 g/mol. The summed E-state index contributed by atoms with van der Waals surface area (Å²) >= 11 is 0. The average Bonchev–Trinajstić information content (AvgIpc) is 2.62. The van der Waals surface area contributed by atoms with Crippen molar-refractivity contribution in [2.45, 2.75) is 19.6 Å². The minimum absolute atomic E-state index is 0.110. The lowest BCUT2D eigenvalue weighted by atomic mass is 10.4. The van der Waals surface area contributed by atoms with Crippen molar-refractivity contribution in [2.24, 2.45) is 0 Å². The molecule has 1 aromatic heterocycles. The van der Waals surface area contributed by atoms with E-state index in [2.05, 4.69) is 0 Å². The lowest BCUT2D eigenvalue weighted by Gasteiger charge is -2.05. The van der Waals surface area contributed by atoms with E-state index in [1.54, 1.807) is 0 Å². The maximum atomic E-state index is 10.4. The van der Waals surface area contributed by atoms with Gasteiger partial charge < -0.3 is 14.3 Å². The summed E-state index contributed by atoms with van der Waals surface area (Å²) < 4.78 is 9.62. The second-order valence-corrected chi connectivity index (χ2v) is 2.79. The first-order chi connectivity index (χ1) is 7.00. The van der Waals surface area contributed by atoms with Crippen LogP contribution in [0.1, 0.15) is 12.7 Å². The van der Waals surface area contributed by atoms with E-state index in [9.17, 15) is 14.9 Å². The van der Waals surface area contributed by atoms with Crippen LogP contribution in [0, 0.1) is 10.1 Å². The number of hydrogen-bond acceptors (Lipinski definition) is 5. The Morgan fingerprint density at radius 2 is 2.40 bits per heavy atom. The molecule has 0 radical (unpaired) electrons. The number of nitro groups is 1. The van der Waals surface area contributed by atoms with Gasteiger partial charge >= 0.3 is 11.9 Å². The zero-order valence-electron chi connectivity index (χ0n) is 7.87. The number of ether oxygens (including phenoxy) is 1. The summed E-state index contributed by atoms with van der Waals surface area (Å²) in [7, 11) is 0. The second kappa shape index (κ2) is 4.56. The number of hydrogen-bond donors (Lipinski definition) is 1. The van der Waals surface area contributed by atoms with Crippen LogP contribution in [-0.4, -0.2) is 22.1 Å². The molecule has 0 bridgehead atoms. The standard InChI is InChI=1S/C8H9NO6/c1-5(8(10)11)14-4-6-2-3-7(15-6)9(12)13/h2-3,5H,4H2,1H3,(H,10,11). The third-order valence-corrected chi connectivity index (χ3v) is 1.65. The molecule has 0 fully saturated rings. The van der Waals surface area contributed by atoms with Crippen LogP contribution in [0.2, 0.25) is 0 Å². The lowest BCUT2D eigenvalue weighted by Crippen LogP contribution is -2.19. The van der Waals surface area contributed by atoms with Gasteiger partial charge in [-0.1, -0.05) is 0 Å². The van der Waals surface area contributed by atoms with E-state index >= 15 is 0 Å². The van der Waals surface area contributed by atoms with E-state index in [1.807, 2.05) is 0 Å². The summed E-state index contributed by atoms with van der Waals surface area (Å²) in [6.07, 6.45) is -0.978. The second-order valence-electron chi connectivity index (χ2n) is 2.79. The van der Waals surface area contributed by atoms with Gasteiger partial charge in [0, 0.05) is 0 Å². The van der Waals surface area contributed by atoms with E-state index in [4.69, 9.17) is 14.3 Å². The number of rotatable bonds is 5. The van der Waals surface area contributed by atoms with E-state index in [0.717, 1.165) is 0 Å². The molecule has 7 nitrogen and oxygen atoms in total. The molecule has 1 aromatic rings. The Hall–Kier alpha value is -1.89. The molecular formula is C8H9NO6. The first-order valence-electron chi connectivity index (χ1n) is 4.08. The number of nitrogens with zero attached hydrogens (tertiary/aromatic N) is 1. The molecule has 0 aliphatic carbocycles. The smallest absolute Gasteiger partial charge is 0.433 e. The molecule has 0 aromatic carbocycles. The van der Waals surface area contributed by atoms with Gasteiger partial charge in [-0.3, -0.25) is 10.1 Å². The monoisotopic (exact) mass is 215 g/mol. The molecule has 1 unspecified atom stereocenters. The van der Waals surface area contributed by atoms with Crippen LogP contribution in [0.15, 0.2) is 16.5 Å². The largest absolute Gasteiger partial charge is 0.479 e. The molecule has 1 N–H and O–H groups in total. The van der Waals surface area contributed by atoms with Crippen molar-refractivity contribution in [3.05, 3.63) is 28.0 Å². The first kappa shape index (κ1) is 11.2. The van der Waals surface area contributed by atoms with Gasteiger partial charge in [0.2, 0.25) is 0 Å². The van der Waals surface area contributed by atoms with E-state index in [1.165, 1.54) is 19.1 Å². The van der Waals surface area contributed by atoms with Crippen molar-refractivity contribution in [2.75, 3.05) is 0 Å². The van der Waals surface area contributed by atoms with Crippen molar-refractivity contribution in [1.82, 2.24) is 0 Å². The molecule has 0 amide bonds. The average molecular weight is 215 g/mol. The molecule has 15 heavy (non-hydrogen) atoms. The molecule has 0 saturated heterocycles. The van der Waals surface area contributed by atoms with Crippen LogP contribution in [0.3, 0.4) is 0 Å². The molecule has 0 aliphatic rings. The number of furan rings is 1. The molecule has 7 heteroatoms. The van der Waals surface area contributed by atoms with Gasteiger partial charge in [0.15, 0.2) is 6.10 Å². The van der Waals surface area contributed by atoms with Crippen molar-refractivity contribution < 1.29 is 24.0 Å². The maximum absolute atomic E-state index is 10.4. The highest BCUT2D eigenvalue weighted by Gasteiger charge is 2.15. The Bertz CT molecular complexity index is 371. The summed E-state index contributed by atoms with van der Waals surface area (Å²) in [5.74, 6) is -1.28. The molecule has 1 rings (SSSR count). The third-order valence-electron chi connectivity index (χ3n) is 1.65. The van der Waals surface area contributed by atoms with Crippen LogP contribution in [0.5, 0.6) is 0 Å². The van der Waals surface area contributed by atoms with E-state index in [0.29, 0.717) is 0 Å². The normalized spacial score (nSPS) is 12.3. The number of carboxylic acids is 1. The topological polar surface area (TPSA) is 103 Å². The Morgan fingerprint density at radius 3 is 2.87 bits per heavy atom. The van der Waals surface area contributed by atoms with Gasteiger partial charge in [0.1, 0.15) is 17.3 Å². The quantitative estimate of drug-likeness (QED) is 0.584. The molecule has 1 atom stereocenters. The summed E-state index contributed by atoms with van der Waals surface area (Å²) in [5, 5.41) is 18.7. The van der Waals surface area contributed by atoms with E-state index < -0.39 is 22.9 Å². The fourth-order valence-corrected chi connectivity index (χ4v) is 0.821. The minimum atomic E-state index is -1.10. The predicted octanol–water partition coefficient (Wildman–Crippen LogP) is 1.18. The maximum Gasteiger partial charge on any atom is 0.433 e. The highest BCUT2D eigenvalue weighted by Crippen LogP contribution is 2.16. The first-order valence-corrected chi connectivity index (χ1v) is 4.08. The molecule has 0 saturated carbocycles. The van der Waals surface area contributed by atoms with Crippen LogP contribution in [-0.2, 0) is 16.1 Å². The van der Waals surface area contributed by atoms with Gasteiger partial charge in [-0.05, 0) is 13.0 Å². The van der Waals surface area contributed by atoms with Gasteiger partial charge in [-0.25, -0.2) is 4.79 Å². The predicted molar refractivity (Wildman–Crippen MR) is 47.2 cm³/mol. The third kappa shape index (κ3) is 3.06. The lowest BCUT2D eigenvalue weighted by molar-refractivity contribution is -0.402. The van der Waals surface area contributed by atoms with Crippen LogP contribution < -0.4 is 0 Å². The SMILES string of the molecule is CC(OCc1ccc([N+](=O)[O-])o1)C(=O)O. The highest BCUT2D eigenvalue weighted by molar-refractivity contribution is 5.71. The fraction of sp³-hybridized carbons (Fsp3) is 0.375. The number of carbonyl (C=O) groups is 1. The number of aliphatic carboxylic acids is 1. The summed E-state index contributed by atoms with van der Waals surface area (Å²) in [6.45, 7) is 1.25. The summed E-state index contributed by atoms with van der Waals surface area (Å²) in [4.78, 5) is 19.9. The zero-order valence-corrected chi connectivity index (χ0v) is 7.87. The van der Waals surface area contributed by atoms with Crippen molar-refractivity contribution >= 4 is 11.9 Å². The Morgan fingerprint density at radius 1 is 1.73 bits per heavy atom. The Labute approximate surface area is 84.4 Å². The van der Waals surface area contributed by atoms with Gasteiger partial charge in [0.05, 0.1) is 6.07 Å². The zero-order chi connectivity index (χ0) is 11.4.